The van der Waals surface area contributed by atoms with Crippen molar-refractivity contribution in [3.05, 3.63) is 53.2 Å². The molecule has 3 rings (SSSR count). The molecular weight excluding hydrogens is 282 g/mol. The number of fused-ring (bicyclic) bond motifs is 1. The molecule has 5 heteroatoms. The van der Waals surface area contributed by atoms with Gasteiger partial charge in [0.1, 0.15) is 17.0 Å². The van der Waals surface area contributed by atoms with Crippen LogP contribution in [0.25, 0.3) is 10.2 Å². The number of nitrogens with one attached hydrogen (secondary N) is 1. The molecule has 0 aliphatic rings. The van der Waals surface area contributed by atoms with Crippen LogP contribution in [0.4, 0.5) is 5.82 Å². The Labute approximate surface area is 127 Å². The molecule has 0 saturated heterocycles. The van der Waals surface area contributed by atoms with E-state index in [0.717, 1.165) is 21.6 Å². The van der Waals surface area contributed by atoms with Gasteiger partial charge < -0.3 is 10.1 Å². The number of nitrogens with zero attached hydrogens (tertiary/aromatic N) is 2. The molecule has 0 spiro atoms. The van der Waals surface area contributed by atoms with Gasteiger partial charge in [-0.1, -0.05) is 30.3 Å². The molecule has 1 aromatic carbocycles. The molecule has 4 nitrogen and oxygen atoms in total. The second-order valence-electron chi connectivity index (χ2n) is 4.81. The lowest BCUT2D eigenvalue weighted by atomic mass is 10.1. The Morgan fingerprint density at radius 3 is 2.81 bits per heavy atom. The van der Waals surface area contributed by atoms with Crippen LogP contribution in [0.1, 0.15) is 16.5 Å². The van der Waals surface area contributed by atoms with Crippen LogP contribution in [0, 0.1) is 6.92 Å². The number of aryl methyl sites for hydroxylation is 1. The number of thiophene rings is 1. The average molecular weight is 299 g/mol. The molecule has 3 aromatic rings. The average Bonchev–Trinajstić information content (AvgIpc) is 2.90. The highest BCUT2D eigenvalue weighted by Gasteiger charge is 2.12. The third-order valence-corrected chi connectivity index (χ3v) is 4.32. The first-order chi connectivity index (χ1) is 10.3. The molecule has 21 heavy (non-hydrogen) atoms. The Kier molecular flexibility index (Phi) is 4.13. The molecule has 2 aromatic heterocycles. The topological polar surface area (TPSA) is 47.0 Å². The summed E-state index contributed by atoms with van der Waals surface area (Å²) in [6.45, 7) is 2.75. The maximum atomic E-state index is 5.57. The molecule has 1 atom stereocenters. The minimum absolute atomic E-state index is 0.00375. The molecule has 1 unspecified atom stereocenters. The van der Waals surface area contributed by atoms with Crippen molar-refractivity contribution < 1.29 is 4.74 Å². The van der Waals surface area contributed by atoms with Gasteiger partial charge in [-0.3, -0.25) is 0 Å². The van der Waals surface area contributed by atoms with Gasteiger partial charge in [-0.05, 0) is 18.6 Å². The van der Waals surface area contributed by atoms with Gasteiger partial charge in [0.25, 0.3) is 0 Å². The second-order valence-corrected chi connectivity index (χ2v) is 6.05. The number of benzene rings is 1. The highest BCUT2D eigenvalue weighted by Crippen LogP contribution is 2.28. The first-order valence-corrected chi connectivity index (χ1v) is 7.62. The van der Waals surface area contributed by atoms with Gasteiger partial charge in [0.05, 0.1) is 11.5 Å². The quantitative estimate of drug-likeness (QED) is 0.778. The molecule has 0 aliphatic heterocycles. The molecule has 108 valence electrons. The first-order valence-electron chi connectivity index (χ1n) is 6.80. The number of rotatable bonds is 5. The zero-order chi connectivity index (χ0) is 14.7. The van der Waals surface area contributed by atoms with Crippen molar-refractivity contribution in [1.29, 1.82) is 0 Å². The smallest absolute Gasteiger partial charge is 0.138 e. The van der Waals surface area contributed by atoms with E-state index in [9.17, 15) is 0 Å². The summed E-state index contributed by atoms with van der Waals surface area (Å²) in [7, 11) is 1.73. The van der Waals surface area contributed by atoms with Gasteiger partial charge in [0.2, 0.25) is 0 Å². The summed E-state index contributed by atoms with van der Waals surface area (Å²) in [6, 6.07) is 12.3. The number of hydrogen-bond acceptors (Lipinski definition) is 5. The van der Waals surface area contributed by atoms with E-state index in [-0.39, 0.29) is 6.10 Å². The predicted molar refractivity (Wildman–Crippen MR) is 86.8 cm³/mol. The molecule has 0 saturated carbocycles. The second kappa shape index (κ2) is 6.20. The SMILES string of the molecule is COC(CNc1ncnc2sc(C)cc12)c1ccccc1. The fourth-order valence-corrected chi connectivity index (χ4v) is 3.16. The lowest BCUT2D eigenvalue weighted by Gasteiger charge is -2.17. The highest BCUT2D eigenvalue weighted by molar-refractivity contribution is 7.18. The Bertz CT molecular complexity index is 727. The van der Waals surface area contributed by atoms with Crippen molar-refractivity contribution in [1.82, 2.24) is 9.97 Å². The zero-order valence-corrected chi connectivity index (χ0v) is 12.9. The summed E-state index contributed by atoms with van der Waals surface area (Å²) >= 11 is 1.68. The van der Waals surface area contributed by atoms with Crippen molar-refractivity contribution in [2.24, 2.45) is 0 Å². The lowest BCUT2D eigenvalue weighted by molar-refractivity contribution is 0.114. The monoisotopic (exact) mass is 299 g/mol. The molecule has 0 bridgehead atoms. The minimum atomic E-state index is -0.00375. The minimum Gasteiger partial charge on any atom is -0.375 e. The standard InChI is InChI=1S/C16H17N3OS/c1-11-8-13-15(18-10-19-16(13)21-11)17-9-14(20-2)12-6-4-3-5-7-12/h3-8,10,14H,9H2,1-2H3,(H,17,18,19). The Hall–Kier alpha value is -1.98. The van der Waals surface area contributed by atoms with Gasteiger partial charge in [-0.15, -0.1) is 11.3 Å². The van der Waals surface area contributed by atoms with Gasteiger partial charge in [0, 0.05) is 18.5 Å². The van der Waals surface area contributed by atoms with E-state index < -0.39 is 0 Å². The summed E-state index contributed by atoms with van der Waals surface area (Å²) in [5, 5.41) is 4.45. The van der Waals surface area contributed by atoms with Crippen LogP contribution in [-0.4, -0.2) is 23.6 Å². The van der Waals surface area contributed by atoms with E-state index in [1.807, 2.05) is 18.2 Å². The molecule has 1 N–H and O–H groups in total. The van der Waals surface area contributed by atoms with Crippen molar-refractivity contribution >= 4 is 27.4 Å². The van der Waals surface area contributed by atoms with Crippen molar-refractivity contribution in [3.63, 3.8) is 0 Å². The van der Waals surface area contributed by atoms with E-state index in [1.54, 1.807) is 24.8 Å². The van der Waals surface area contributed by atoms with Crippen molar-refractivity contribution in [2.45, 2.75) is 13.0 Å². The Balaban J connectivity index is 1.79. The number of ether oxygens (including phenoxy) is 1. The van der Waals surface area contributed by atoms with Gasteiger partial charge in [-0.2, -0.15) is 0 Å². The number of hydrogen-bond donors (Lipinski definition) is 1. The third-order valence-electron chi connectivity index (χ3n) is 3.36. The van der Waals surface area contributed by atoms with E-state index in [0.29, 0.717) is 6.54 Å². The molecule has 0 fully saturated rings. The maximum absolute atomic E-state index is 5.57. The molecule has 0 radical (unpaired) electrons. The largest absolute Gasteiger partial charge is 0.375 e. The van der Waals surface area contributed by atoms with E-state index in [2.05, 4.69) is 40.4 Å². The van der Waals surface area contributed by atoms with Gasteiger partial charge >= 0.3 is 0 Å². The maximum Gasteiger partial charge on any atom is 0.138 e. The zero-order valence-electron chi connectivity index (χ0n) is 12.0. The van der Waals surface area contributed by atoms with Crippen molar-refractivity contribution in [2.75, 3.05) is 19.0 Å². The van der Waals surface area contributed by atoms with E-state index >= 15 is 0 Å². The van der Waals surface area contributed by atoms with Crippen LogP contribution in [0.3, 0.4) is 0 Å². The van der Waals surface area contributed by atoms with Crippen LogP contribution >= 0.6 is 11.3 Å². The molecule has 0 aliphatic carbocycles. The summed E-state index contributed by atoms with van der Waals surface area (Å²) in [5.41, 5.74) is 1.15. The summed E-state index contributed by atoms with van der Waals surface area (Å²) in [4.78, 5) is 10.9. The van der Waals surface area contributed by atoms with Crippen LogP contribution in [0.15, 0.2) is 42.7 Å². The van der Waals surface area contributed by atoms with Crippen LogP contribution in [0.2, 0.25) is 0 Å². The number of methoxy groups -OCH3 is 1. The third kappa shape index (κ3) is 3.04. The summed E-state index contributed by atoms with van der Waals surface area (Å²) in [5.74, 6) is 0.863. The lowest BCUT2D eigenvalue weighted by Crippen LogP contribution is -2.15. The fourth-order valence-electron chi connectivity index (χ4n) is 2.31. The number of anilines is 1. The first kappa shape index (κ1) is 14.0. The van der Waals surface area contributed by atoms with Gasteiger partial charge in [-0.25, -0.2) is 9.97 Å². The fraction of sp³-hybridized carbons (Fsp3) is 0.250. The normalized spacial score (nSPS) is 12.5. The molecular formula is C16H17N3OS. The van der Waals surface area contributed by atoms with E-state index in [4.69, 9.17) is 4.74 Å². The van der Waals surface area contributed by atoms with Crippen LogP contribution in [-0.2, 0) is 4.74 Å². The number of aromatic nitrogens is 2. The molecule has 2 heterocycles. The van der Waals surface area contributed by atoms with Crippen LogP contribution < -0.4 is 5.32 Å². The van der Waals surface area contributed by atoms with Crippen LogP contribution in [0.5, 0.6) is 0 Å². The van der Waals surface area contributed by atoms with Gasteiger partial charge in [0.15, 0.2) is 0 Å². The van der Waals surface area contributed by atoms with Crippen molar-refractivity contribution in [3.8, 4) is 0 Å². The molecule has 0 amide bonds. The predicted octanol–water partition coefficient (Wildman–Crippen LogP) is 3.80. The summed E-state index contributed by atoms with van der Waals surface area (Å²) in [6.07, 6.45) is 1.60. The Morgan fingerprint density at radius 2 is 2.05 bits per heavy atom. The van der Waals surface area contributed by atoms with E-state index in [1.165, 1.54) is 4.88 Å². The Morgan fingerprint density at radius 1 is 1.24 bits per heavy atom. The highest BCUT2D eigenvalue weighted by atomic mass is 32.1. The summed E-state index contributed by atoms with van der Waals surface area (Å²) < 4.78 is 5.57.